The summed E-state index contributed by atoms with van der Waals surface area (Å²) in [6.07, 6.45) is -1.34. The minimum atomic E-state index is -0.943. The Balaban J connectivity index is 3.92. The van der Waals surface area contributed by atoms with Crippen LogP contribution in [0, 0.1) is 0 Å². The average Bonchev–Trinajstić information content (AvgIpc) is 2.40. The van der Waals surface area contributed by atoms with E-state index >= 15 is 0 Å². The summed E-state index contributed by atoms with van der Waals surface area (Å²) in [6.45, 7) is 2.60. The fourth-order valence-corrected chi connectivity index (χ4v) is 1.22. The van der Waals surface area contributed by atoms with Crippen LogP contribution in [0.4, 0.5) is 0 Å². The van der Waals surface area contributed by atoms with Gasteiger partial charge in [0.25, 0.3) is 0 Å². The second kappa shape index (κ2) is 10.4. The van der Waals surface area contributed by atoms with Crippen molar-refractivity contribution in [2.75, 3.05) is 0 Å². The lowest BCUT2D eigenvalue weighted by molar-refractivity contribution is -0.165. The first-order chi connectivity index (χ1) is 10.2. The number of carbonyl (C=O) groups is 6. The molecule has 122 valence electrons. The number of rotatable bonds is 9. The smallest absolute Gasteiger partial charge is 0.314 e. The van der Waals surface area contributed by atoms with Crippen molar-refractivity contribution in [3.05, 3.63) is 0 Å². The number of hydrogen-bond donors (Lipinski definition) is 0. The molecular formula is C14H18O8. The third-order valence-corrected chi connectivity index (χ3v) is 2.35. The van der Waals surface area contributed by atoms with E-state index in [0.29, 0.717) is 0 Å². The number of hydrogen-bond acceptors (Lipinski definition) is 8. The number of ketones is 2. The summed E-state index contributed by atoms with van der Waals surface area (Å²) in [5, 5.41) is 0. The number of Topliss-reactive ketones (excluding diaryl/α,β-unsaturated/α-hetero) is 2. The van der Waals surface area contributed by atoms with Crippen molar-refractivity contribution < 1.29 is 38.2 Å². The molecule has 0 aliphatic heterocycles. The van der Waals surface area contributed by atoms with Gasteiger partial charge in [0.15, 0.2) is 0 Å². The Morgan fingerprint density at radius 3 is 0.955 bits per heavy atom. The van der Waals surface area contributed by atoms with Crippen LogP contribution in [-0.2, 0) is 38.2 Å². The van der Waals surface area contributed by atoms with Crippen LogP contribution >= 0.6 is 0 Å². The molecule has 0 saturated carbocycles. The van der Waals surface area contributed by atoms with E-state index < -0.39 is 36.7 Å². The minimum absolute atomic E-state index is 0.0290. The van der Waals surface area contributed by atoms with Crippen molar-refractivity contribution in [3.63, 3.8) is 0 Å². The predicted molar refractivity (Wildman–Crippen MR) is 71.3 cm³/mol. The summed E-state index contributed by atoms with van der Waals surface area (Å²) in [6, 6.07) is 0. The van der Waals surface area contributed by atoms with Crippen LogP contribution in [0.2, 0.25) is 0 Å². The zero-order valence-corrected chi connectivity index (χ0v) is 12.5. The molecule has 0 fully saturated rings. The molecule has 0 rings (SSSR count). The van der Waals surface area contributed by atoms with Crippen LogP contribution in [0.25, 0.3) is 0 Å². The van der Waals surface area contributed by atoms with Gasteiger partial charge in [-0.05, 0) is 13.8 Å². The van der Waals surface area contributed by atoms with Gasteiger partial charge in [-0.1, -0.05) is 0 Å². The van der Waals surface area contributed by atoms with Crippen LogP contribution < -0.4 is 0 Å². The maximum absolute atomic E-state index is 11.2. The largest absolute Gasteiger partial charge is 0.393 e. The summed E-state index contributed by atoms with van der Waals surface area (Å²) in [4.78, 5) is 66.0. The van der Waals surface area contributed by atoms with E-state index in [-0.39, 0.29) is 37.2 Å². The highest BCUT2D eigenvalue weighted by Gasteiger charge is 2.16. The van der Waals surface area contributed by atoms with E-state index in [1.54, 1.807) is 0 Å². The van der Waals surface area contributed by atoms with Gasteiger partial charge in [0.2, 0.25) is 0 Å². The van der Waals surface area contributed by atoms with Crippen LogP contribution in [0.3, 0.4) is 0 Å². The zero-order chi connectivity index (χ0) is 17.1. The molecule has 0 aromatic heterocycles. The molecule has 8 nitrogen and oxygen atoms in total. The second-order valence-corrected chi connectivity index (χ2v) is 4.60. The Hall–Kier alpha value is -2.38. The Morgan fingerprint density at radius 1 is 0.500 bits per heavy atom. The van der Waals surface area contributed by atoms with Crippen molar-refractivity contribution in [2.45, 2.75) is 52.4 Å². The van der Waals surface area contributed by atoms with Crippen molar-refractivity contribution in [3.8, 4) is 0 Å². The van der Waals surface area contributed by atoms with Gasteiger partial charge in [0.1, 0.15) is 11.6 Å². The highest BCUT2D eigenvalue weighted by atomic mass is 16.6. The van der Waals surface area contributed by atoms with Gasteiger partial charge in [-0.25, -0.2) is 0 Å². The molecule has 0 aromatic rings. The summed E-state index contributed by atoms with van der Waals surface area (Å²) in [5.74, 6) is -4.02. The SMILES string of the molecule is CC(=O)CCC(=O)OC(=O)CCC(=O)OC(=O)CCC(C)=O. The minimum Gasteiger partial charge on any atom is -0.393 e. The Morgan fingerprint density at radius 2 is 0.727 bits per heavy atom. The third-order valence-electron chi connectivity index (χ3n) is 2.35. The van der Waals surface area contributed by atoms with Gasteiger partial charge < -0.3 is 19.1 Å². The van der Waals surface area contributed by atoms with Gasteiger partial charge in [-0.3, -0.25) is 19.2 Å². The highest BCUT2D eigenvalue weighted by molar-refractivity contribution is 5.91. The lowest BCUT2D eigenvalue weighted by Crippen LogP contribution is -2.17. The lowest BCUT2D eigenvalue weighted by atomic mass is 10.2. The Kier molecular flexibility index (Phi) is 9.24. The molecule has 0 saturated heterocycles. The zero-order valence-electron chi connectivity index (χ0n) is 12.5. The van der Waals surface area contributed by atoms with Crippen molar-refractivity contribution in [2.24, 2.45) is 0 Å². The predicted octanol–water partition coefficient (Wildman–Crippen LogP) is 0.645. The molecular weight excluding hydrogens is 296 g/mol. The van der Waals surface area contributed by atoms with Gasteiger partial charge in [-0.15, -0.1) is 0 Å². The van der Waals surface area contributed by atoms with Gasteiger partial charge in [0.05, 0.1) is 25.7 Å². The molecule has 0 amide bonds. The highest BCUT2D eigenvalue weighted by Crippen LogP contribution is 2.02. The molecule has 0 bridgehead atoms. The van der Waals surface area contributed by atoms with Crippen LogP contribution in [-0.4, -0.2) is 35.4 Å². The van der Waals surface area contributed by atoms with Gasteiger partial charge in [-0.2, -0.15) is 0 Å². The number of esters is 4. The molecule has 0 unspecified atom stereocenters. The van der Waals surface area contributed by atoms with E-state index in [9.17, 15) is 28.8 Å². The first-order valence-corrected chi connectivity index (χ1v) is 6.66. The average molecular weight is 314 g/mol. The molecule has 0 aliphatic rings. The monoisotopic (exact) mass is 314 g/mol. The maximum Gasteiger partial charge on any atom is 0.314 e. The normalized spacial score (nSPS) is 9.73. The molecule has 0 spiro atoms. The van der Waals surface area contributed by atoms with Gasteiger partial charge in [0, 0.05) is 12.8 Å². The molecule has 0 aromatic carbocycles. The lowest BCUT2D eigenvalue weighted by Gasteiger charge is -2.03. The molecule has 0 radical (unpaired) electrons. The standard InChI is InChI=1S/C14H18O8/c1-9(15)3-5-11(17)21-13(19)7-8-14(20)22-12(18)6-4-10(2)16/h3-8H2,1-2H3. The molecule has 22 heavy (non-hydrogen) atoms. The van der Waals surface area contributed by atoms with Crippen molar-refractivity contribution in [1.82, 2.24) is 0 Å². The van der Waals surface area contributed by atoms with Crippen LogP contribution in [0.5, 0.6) is 0 Å². The van der Waals surface area contributed by atoms with E-state index in [1.807, 2.05) is 0 Å². The molecule has 8 heteroatoms. The van der Waals surface area contributed by atoms with Crippen LogP contribution in [0.15, 0.2) is 0 Å². The van der Waals surface area contributed by atoms with Crippen molar-refractivity contribution >= 4 is 35.4 Å². The number of carbonyl (C=O) groups excluding carboxylic acids is 6. The topological polar surface area (TPSA) is 121 Å². The fraction of sp³-hybridized carbons (Fsp3) is 0.571. The second-order valence-electron chi connectivity index (χ2n) is 4.60. The van der Waals surface area contributed by atoms with E-state index in [2.05, 4.69) is 9.47 Å². The summed E-state index contributed by atoms with van der Waals surface area (Å²) < 4.78 is 8.74. The quantitative estimate of drug-likeness (QED) is 0.449. The van der Waals surface area contributed by atoms with E-state index in [0.717, 1.165) is 0 Å². The first kappa shape index (κ1) is 19.6. The summed E-state index contributed by atoms with van der Waals surface area (Å²) in [7, 11) is 0. The van der Waals surface area contributed by atoms with E-state index in [4.69, 9.17) is 0 Å². The Bertz CT molecular complexity index is 433. The molecule has 0 heterocycles. The Labute approximate surface area is 127 Å². The maximum atomic E-state index is 11.2. The van der Waals surface area contributed by atoms with Gasteiger partial charge >= 0.3 is 23.9 Å². The van der Waals surface area contributed by atoms with E-state index in [1.165, 1.54) is 13.8 Å². The summed E-state index contributed by atoms with van der Waals surface area (Å²) in [5.41, 5.74) is 0. The van der Waals surface area contributed by atoms with Crippen LogP contribution in [0.1, 0.15) is 52.4 Å². The number of ether oxygens (including phenoxy) is 2. The molecule has 0 N–H and O–H groups in total. The fourth-order valence-electron chi connectivity index (χ4n) is 1.22. The first-order valence-electron chi connectivity index (χ1n) is 6.66. The van der Waals surface area contributed by atoms with Crippen molar-refractivity contribution in [1.29, 1.82) is 0 Å². The summed E-state index contributed by atoms with van der Waals surface area (Å²) >= 11 is 0. The molecule has 0 atom stereocenters. The molecule has 0 aliphatic carbocycles. The third kappa shape index (κ3) is 11.4.